The van der Waals surface area contributed by atoms with Gasteiger partial charge in [0, 0.05) is 37.2 Å². The van der Waals surface area contributed by atoms with Gasteiger partial charge in [0.1, 0.15) is 18.0 Å². The highest BCUT2D eigenvalue weighted by molar-refractivity contribution is 6.00. The molecule has 1 unspecified atom stereocenters. The molecule has 9 heteroatoms. The normalized spacial score (nSPS) is 18.3. The van der Waals surface area contributed by atoms with E-state index < -0.39 is 11.6 Å². The molecule has 1 N–H and O–H groups in total. The Labute approximate surface area is 242 Å². The molecule has 0 bridgehead atoms. The summed E-state index contributed by atoms with van der Waals surface area (Å²) < 4.78 is 11.7. The maximum Gasteiger partial charge on any atom is 0.410 e. The summed E-state index contributed by atoms with van der Waals surface area (Å²) in [5.41, 5.74) is 3.00. The number of likely N-dealkylation sites (tertiary alicyclic amines) is 1. The van der Waals surface area contributed by atoms with E-state index in [9.17, 15) is 19.2 Å². The number of piperidine rings is 2. The smallest absolute Gasteiger partial charge is 0.410 e. The number of nitrogens with one attached hydrogen (secondary N) is 1. The summed E-state index contributed by atoms with van der Waals surface area (Å²) in [5.74, 6) is 0.537. The van der Waals surface area contributed by atoms with Crippen LogP contribution in [0.3, 0.4) is 0 Å². The number of hydrogen-bond donors (Lipinski definition) is 1. The highest BCUT2D eigenvalue weighted by Crippen LogP contribution is 2.27. The zero-order valence-corrected chi connectivity index (χ0v) is 24.5. The molecule has 3 amide bonds. The van der Waals surface area contributed by atoms with Gasteiger partial charge >= 0.3 is 6.09 Å². The minimum absolute atomic E-state index is 0.232. The van der Waals surface area contributed by atoms with Crippen molar-refractivity contribution in [3.63, 3.8) is 0 Å². The van der Waals surface area contributed by atoms with Gasteiger partial charge in [-0.3, -0.25) is 24.6 Å². The van der Waals surface area contributed by atoms with Crippen molar-refractivity contribution in [1.82, 2.24) is 15.1 Å². The molecule has 0 saturated carbocycles. The van der Waals surface area contributed by atoms with Gasteiger partial charge in [-0.15, -0.1) is 0 Å². The highest BCUT2D eigenvalue weighted by Gasteiger charge is 2.31. The lowest BCUT2D eigenvalue weighted by molar-refractivity contribution is -0.137. The van der Waals surface area contributed by atoms with E-state index in [1.807, 2.05) is 38.8 Å². The maximum absolute atomic E-state index is 12.3. The molecular formula is C32H41N3O6. The van der Waals surface area contributed by atoms with Gasteiger partial charge in [-0.25, -0.2) is 4.79 Å². The second kappa shape index (κ2) is 13.3. The van der Waals surface area contributed by atoms with Crippen LogP contribution in [0.2, 0.25) is 0 Å². The van der Waals surface area contributed by atoms with Gasteiger partial charge in [-0.05, 0) is 76.6 Å². The molecule has 2 heterocycles. The molecule has 2 aliphatic heterocycles. The summed E-state index contributed by atoms with van der Waals surface area (Å²) in [4.78, 5) is 51.7. The number of likely N-dealkylation sites (N-methyl/N-ethyl adjacent to an activating group) is 1. The monoisotopic (exact) mass is 563 g/mol. The van der Waals surface area contributed by atoms with E-state index in [0.29, 0.717) is 61.9 Å². The molecule has 1 atom stereocenters. The Kier molecular flexibility index (Phi) is 9.81. The Balaban J connectivity index is 1.31. The number of nitrogens with zero attached hydrogens (tertiary/aromatic N) is 2. The lowest BCUT2D eigenvalue weighted by Crippen LogP contribution is -2.51. The fourth-order valence-electron chi connectivity index (χ4n) is 5.37. The van der Waals surface area contributed by atoms with Crippen molar-refractivity contribution >= 4 is 24.2 Å². The molecule has 41 heavy (non-hydrogen) atoms. The molecule has 220 valence electrons. The molecule has 4 rings (SSSR count). The fourth-order valence-corrected chi connectivity index (χ4v) is 5.37. The van der Waals surface area contributed by atoms with E-state index in [0.717, 1.165) is 31.1 Å². The van der Waals surface area contributed by atoms with Crippen molar-refractivity contribution in [2.24, 2.45) is 5.92 Å². The number of carbonyl (C=O) groups is 4. The molecule has 2 saturated heterocycles. The van der Waals surface area contributed by atoms with Crippen LogP contribution in [0.25, 0.3) is 0 Å². The second-order valence-corrected chi connectivity index (χ2v) is 12.0. The first kappa shape index (κ1) is 30.2. The van der Waals surface area contributed by atoms with Crippen LogP contribution in [0.4, 0.5) is 4.79 Å². The number of benzene rings is 2. The zero-order valence-electron chi connectivity index (χ0n) is 24.5. The topological polar surface area (TPSA) is 105 Å². The minimum Gasteiger partial charge on any atom is -0.489 e. The van der Waals surface area contributed by atoms with Crippen LogP contribution < -0.4 is 10.1 Å². The molecule has 2 aromatic rings. The first-order chi connectivity index (χ1) is 19.5. The third-order valence-corrected chi connectivity index (χ3v) is 7.65. The summed E-state index contributed by atoms with van der Waals surface area (Å²) >= 11 is 0. The van der Waals surface area contributed by atoms with E-state index in [1.54, 1.807) is 17.0 Å². The lowest BCUT2D eigenvalue weighted by atomic mass is 9.90. The Hall–Kier alpha value is -3.72. The maximum atomic E-state index is 12.3. The summed E-state index contributed by atoms with van der Waals surface area (Å²) in [7, 11) is 1.81. The zero-order chi connectivity index (χ0) is 29.6. The SMILES string of the molecule is CN(Cc1c(C=O)cccc1OCc1ccc(CC2CCN(C(=O)OC(C)(C)C)CC2)cc1)C1CCC(=O)NC1=O. The van der Waals surface area contributed by atoms with Crippen LogP contribution in [0.5, 0.6) is 5.75 Å². The van der Waals surface area contributed by atoms with Gasteiger partial charge in [-0.2, -0.15) is 0 Å². The standard InChI is InChI=1S/C32H41N3O6/c1-32(2,3)41-31(39)35-16-14-23(15-17-35)18-22-8-10-24(11-9-22)21-40-28-7-5-6-25(20-36)26(28)19-34(4)27-12-13-29(37)33-30(27)38/h5-11,20,23,27H,12-19,21H2,1-4H3,(H,33,37,38). The second-order valence-electron chi connectivity index (χ2n) is 12.0. The number of aldehydes is 1. The van der Waals surface area contributed by atoms with Crippen LogP contribution in [0, 0.1) is 5.92 Å². The van der Waals surface area contributed by atoms with E-state index >= 15 is 0 Å². The minimum atomic E-state index is -0.482. The summed E-state index contributed by atoms with van der Waals surface area (Å²) in [6, 6.07) is 13.3. The van der Waals surface area contributed by atoms with E-state index in [1.165, 1.54) is 5.56 Å². The third-order valence-electron chi connectivity index (χ3n) is 7.65. The van der Waals surface area contributed by atoms with Crippen molar-refractivity contribution < 1.29 is 28.7 Å². The molecule has 0 radical (unpaired) electrons. The van der Waals surface area contributed by atoms with Gasteiger partial charge < -0.3 is 14.4 Å². The number of imide groups is 1. The molecule has 2 fully saturated rings. The molecule has 9 nitrogen and oxygen atoms in total. The first-order valence-electron chi connectivity index (χ1n) is 14.3. The number of hydrogen-bond acceptors (Lipinski definition) is 7. The van der Waals surface area contributed by atoms with Crippen LogP contribution >= 0.6 is 0 Å². The Morgan fingerprint density at radius 3 is 2.37 bits per heavy atom. The number of rotatable bonds is 9. The number of ether oxygens (including phenoxy) is 2. The van der Waals surface area contributed by atoms with Gasteiger partial charge in [0.05, 0.1) is 6.04 Å². The van der Waals surface area contributed by atoms with Gasteiger partial charge in [0.15, 0.2) is 6.29 Å². The highest BCUT2D eigenvalue weighted by atomic mass is 16.6. The quantitative estimate of drug-likeness (QED) is 0.354. The Morgan fingerprint density at radius 2 is 1.73 bits per heavy atom. The van der Waals surface area contributed by atoms with Crippen molar-refractivity contribution in [3.8, 4) is 5.75 Å². The molecular weight excluding hydrogens is 522 g/mol. The molecule has 0 spiro atoms. The molecule has 2 aliphatic rings. The predicted molar refractivity (Wildman–Crippen MR) is 154 cm³/mol. The van der Waals surface area contributed by atoms with Crippen LogP contribution in [0.15, 0.2) is 42.5 Å². The third kappa shape index (κ3) is 8.39. The van der Waals surface area contributed by atoms with Gasteiger partial charge in [-0.1, -0.05) is 36.4 Å². The summed E-state index contributed by atoms with van der Waals surface area (Å²) in [5, 5.41) is 2.39. The number of amides is 3. The number of carbonyl (C=O) groups excluding carboxylic acids is 4. The molecule has 2 aromatic carbocycles. The fraction of sp³-hybridized carbons (Fsp3) is 0.500. The van der Waals surface area contributed by atoms with Crippen LogP contribution in [-0.2, 0) is 33.9 Å². The van der Waals surface area contributed by atoms with Gasteiger partial charge in [0.25, 0.3) is 0 Å². The van der Waals surface area contributed by atoms with Crippen molar-refractivity contribution in [3.05, 3.63) is 64.7 Å². The van der Waals surface area contributed by atoms with Gasteiger partial charge in [0.2, 0.25) is 11.8 Å². The van der Waals surface area contributed by atoms with Crippen molar-refractivity contribution in [2.45, 2.75) is 77.7 Å². The first-order valence-corrected chi connectivity index (χ1v) is 14.3. The average Bonchev–Trinajstić information content (AvgIpc) is 2.92. The summed E-state index contributed by atoms with van der Waals surface area (Å²) in [6.07, 6.45) is 4.16. The van der Waals surface area contributed by atoms with Crippen molar-refractivity contribution in [1.29, 1.82) is 0 Å². The predicted octanol–water partition coefficient (Wildman–Crippen LogP) is 4.50. The van der Waals surface area contributed by atoms with E-state index in [2.05, 4.69) is 29.6 Å². The Bertz CT molecular complexity index is 1250. The Morgan fingerprint density at radius 1 is 1.05 bits per heavy atom. The van der Waals surface area contributed by atoms with Crippen LogP contribution in [-0.4, -0.2) is 65.8 Å². The van der Waals surface area contributed by atoms with Crippen LogP contribution in [0.1, 0.15) is 73.5 Å². The largest absolute Gasteiger partial charge is 0.489 e. The summed E-state index contributed by atoms with van der Waals surface area (Å²) in [6.45, 7) is 7.76. The van der Waals surface area contributed by atoms with E-state index in [-0.39, 0.29) is 17.9 Å². The molecule has 0 aliphatic carbocycles. The molecule has 0 aromatic heterocycles. The van der Waals surface area contributed by atoms with Crippen molar-refractivity contribution in [2.75, 3.05) is 20.1 Å². The lowest BCUT2D eigenvalue weighted by Gasteiger charge is -2.33. The van der Waals surface area contributed by atoms with E-state index in [4.69, 9.17) is 9.47 Å². The average molecular weight is 564 g/mol.